The lowest BCUT2D eigenvalue weighted by atomic mass is 9.48. The predicted molar refractivity (Wildman–Crippen MR) is 134 cm³/mol. The van der Waals surface area contributed by atoms with Gasteiger partial charge in [0.05, 0.1) is 11.0 Å². The molecule has 1 saturated heterocycles. The topological polar surface area (TPSA) is 111 Å². The number of carbonyl (C=O) groups excluding carboxylic acids is 3. The highest BCUT2D eigenvalue weighted by molar-refractivity contribution is 5.81. The van der Waals surface area contributed by atoms with E-state index in [1.54, 1.807) is 4.90 Å². The molecule has 0 spiro atoms. The number of benzene rings is 1. The zero-order valence-corrected chi connectivity index (χ0v) is 21.6. The number of hydrogen-bond donors (Lipinski definition) is 2. The average Bonchev–Trinajstić information content (AvgIpc) is 3.18. The van der Waals surface area contributed by atoms with Crippen LogP contribution in [0.25, 0.3) is 0 Å². The van der Waals surface area contributed by atoms with E-state index in [2.05, 4.69) is 5.32 Å². The molecule has 0 radical (unpaired) electrons. The minimum Gasteiger partial charge on any atom is -0.446 e. The maximum absolute atomic E-state index is 13.4. The third-order valence-electron chi connectivity index (χ3n) is 8.71. The van der Waals surface area contributed by atoms with Crippen LogP contribution in [-0.2, 0) is 20.7 Å². The van der Waals surface area contributed by atoms with Gasteiger partial charge in [0.25, 0.3) is 0 Å². The summed E-state index contributed by atoms with van der Waals surface area (Å²) in [4.78, 5) is 40.1. The molecular formula is C28H39N3O5. The van der Waals surface area contributed by atoms with Crippen LogP contribution in [0.15, 0.2) is 30.3 Å². The number of rotatable bonds is 5. The zero-order chi connectivity index (χ0) is 25.7. The van der Waals surface area contributed by atoms with Gasteiger partial charge < -0.3 is 25.4 Å². The first-order chi connectivity index (χ1) is 17.0. The standard InChI is InChI=1S/C28H39N3O5/c1-26(2,3)36-24(33)30-28(14-18-7-5-4-6-8-18)9-10-31(17-28)25(34)35-22-20-11-19-12-21(22)16-27(13-19,15-20)23(29)32/h4-8,19-22H,9-17H2,1-3H3,(H2,29,32)(H,30,33)/t19?,20-,21+,22?,27?,28?. The SMILES string of the molecule is CC(C)(C)OC(=O)NC1(Cc2ccccc2)CCN(C(=O)OC2[C@@H]3CC4C[C@H]2CC(C(N)=O)(C4)C3)C1. The summed E-state index contributed by atoms with van der Waals surface area (Å²) in [6.07, 6.45) is 4.58. The Hall–Kier alpha value is -2.77. The van der Waals surface area contributed by atoms with Gasteiger partial charge >= 0.3 is 12.2 Å². The molecule has 3 amide bonds. The van der Waals surface area contributed by atoms with E-state index < -0.39 is 22.6 Å². The summed E-state index contributed by atoms with van der Waals surface area (Å²) >= 11 is 0. The van der Waals surface area contributed by atoms with Gasteiger partial charge in [-0.3, -0.25) is 4.79 Å². The molecule has 5 aliphatic rings. The number of hydrogen-bond acceptors (Lipinski definition) is 5. The van der Waals surface area contributed by atoms with Gasteiger partial charge in [0.1, 0.15) is 11.7 Å². The normalized spacial score (nSPS) is 34.9. The summed E-state index contributed by atoms with van der Waals surface area (Å²) in [6.45, 7) is 6.36. The minimum absolute atomic E-state index is 0.163. The molecule has 1 aromatic rings. The summed E-state index contributed by atoms with van der Waals surface area (Å²) in [5, 5.41) is 3.09. The number of likely N-dealkylation sites (tertiary alicyclic amines) is 1. The number of nitrogens with zero attached hydrogens (tertiary/aromatic N) is 1. The van der Waals surface area contributed by atoms with Crippen molar-refractivity contribution in [2.75, 3.05) is 13.1 Å². The first-order valence-electron chi connectivity index (χ1n) is 13.3. The first kappa shape index (κ1) is 24.9. The molecule has 0 aromatic heterocycles. The summed E-state index contributed by atoms with van der Waals surface area (Å²) < 4.78 is 11.7. The molecule has 4 saturated carbocycles. The molecule has 4 aliphatic carbocycles. The van der Waals surface area contributed by atoms with Crippen molar-refractivity contribution in [3.05, 3.63) is 35.9 Å². The lowest BCUT2D eigenvalue weighted by Gasteiger charge is -2.58. The lowest BCUT2D eigenvalue weighted by molar-refractivity contribution is -0.161. The molecule has 1 aromatic carbocycles. The van der Waals surface area contributed by atoms with E-state index in [1.165, 1.54) is 0 Å². The number of carbonyl (C=O) groups is 3. The highest BCUT2D eigenvalue weighted by Crippen LogP contribution is 2.60. The van der Waals surface area contributed by atoms with Crippen LogP contribution < -0.4 is 11.1 Å². The Kier molecular flexibility index (Phi) is 6.20. The number of nitrogens with two attached hydrogens (primary N) is 1. The molecule has 8 heteroatoms. The van der Waals surface area contributed by atoms with Gasteiger partial charge in [-0.15, -0.1) is 0 Å². The summed E-state index contributed by atoms with van der Waals surface area (Å²) in [5.74, 6) is 0.715. The molecule has 1 heterocycles. The molecule has 6 atom stereocenters. The van der Waals surface area contributed by atoms with Gasteiger partial charge in [-0.2, -0.15) is 0 Å². The molecule has 4 bridgehead atoms. The number of amides is 3. The molecule has 8 nitrogen and oxygen atoms in total. The van der Waals surface area contributed by atoms with Gasteiger partial charge in [0, 0.05) is 13.1 Å². The highest BCUT2D eigenvalue weighted by Gasteiger charge is 2.59. The van der Waals surface area contributed by atoms with Gasteiger partial charge in [0.2, 0.25) is 5.91 Å². The van der Waals surface area contributed by atoms with Gasteiger partial charge in [-0.05, 0) is 89.0 Å². The van der Waals surface area contributed by atoms with Crippen molar-refractivity contribution < 1.29 is 23.9 Å². The second kappa shape index (κ2) is 8.96. The molecule has 36 heavy (non-hydrogen) atoms. The van der Waals surface area contributed by atoms with Crippen molar-refractivity contribution in [1.29, 1.82) is 0 Å². The molecular weight excluding hydrogens is 458 g/mol. The van der Waals surface area contributed by atoms with E-state index in [0.717, 1.165) is 37.7 Å². The van der Waals surface area contributed by atoms with Crippen molar-refractivity contribution in [1.82, 2.24) is 10.2 Å². The van der Waals surface area contributed by atoms with Crippen LogP contribution >= 0.6 is 0 Å². The molecule has 196 valence electrons. The fourth-order valence-corrected chi connectivity index (χ4v) is 7.49. The Morgan fingerprint density at radius 1 is 1.08 bits per heavy atom. The van der Waals surface area contributed by atoms with E-state index in [-0.39, 0.29) is 29.9 Å². The van der Waals surface area contributed by atoms with E-state index in [1.807, 2.05) is 51.1 Å². The number of alkyl carbamates (subject to hydrolysis) is 1. The van der Waals surface area contributed by atoms with Crippen molar-refractivity contribution in [2.45, 2.75) is 83.0 Å². The quantitative estimate of drug-likeness (QED) is 0.638. The molecule has 3 N–H and O–H groups in total. The monoisotopic (exact) mass is 497 g/mol. The third kappa shape index (κ3) is 4.91. The van der Waals surface area contributed by atoms with E-state index in [9.17, 15) is 14.4 Å². The predicted octanol–water partition coefficient (Wildman–Crippen LogP) is 4.02. The Balaban J connectivity index is 1.27. The summed E-state index contributed by atoms with van der Waals surface area (Å²) in [5.41, 5.74) is 5.24. The summed E-state index contributed by atoms with van der Waals surface area (Å²) in [6, 6.07) is 9.97. The average molecular weight is 498 g/mol. The largest absolute Gasteiger partial charge is 0.446 e. The number of ether oxygens (including phenoxy) is 2. The second-order valence-corrected chi connectivity index (χ2v) is 12.7. The molecule has 5 fully saturated rings. The fraction of sp³-hybridized carbons (Fsp3) is 0.679. The van der Waals surface area contributed by atoms with Crippen molar-refractivity contribution >= 4 is 18.1 Å². The summed E-state index contributed by atoms with van der Waals surface area (Å²) in [7, 11) is 0. The maximum atomic E-state index is 13.4. The van der Waals surface area contributed by atoms with Crippen LogP contribution in [-0.4, -0.2) is 53.3 Å². The van der Waals surface area contributed by atoms with Gasteiger partial charge in [-0.1, -0.05) is 30.3 Å². The number of primary amides is 1. The van der Waals surface area contributed by atoms with Crippen LogP contribution in [0.3, 0.4) is 0 Å². The van der Waals surface area contributed by atoms with Gasteiger partial charge in [-0.25, -0.2) is 9.59 Å². The Morgan fingerprint density at radius 2 is 1.75 bits per heavy atom. The van der Waals surface area contributed by atoms with E-state index in [0.29, 0.717) is 31.8 Å². The lowest BCUT2D eigenvalue weighted by Crippen LogP contribution is -2.59. The van der Waals surface area contributed by atoms with Crippen LogP contribution in [0.1, 0.15) is 64.9 Å². The second-order valence-electron chi connectivity index (χ2n) is 12.7. The van der Waals surface area contributed by atoms with Crippen LogP contribution in [0, 0.1) is 23.2 Å². The van der Waals surface area contributed by atoms with Crippen molar-refractivity contribution in [3.8, 4) is 0 Å². The Labute approximate surface area is 213 Å². The van der Waals surface area contributed by atoms with E-state index >= 15 is 0 Å². The zero-order valence-electron chi connectivity index (χ0n) is 21.6. The van der Waals surface area contributed by atoms with Gasteiger partial charge in [0.15, 0.2) is 0 Å². The smallest absolute Gasteiger partial charge is 0.410 e. The molecule has 4 unspecified atom stereocenters. The van der Waals surface area contributed by atoms with Crippen molar-refractivity contribution in [2.24, 2.45) is 28.9 Å². The van der Waals surface area contributed by atoms with Crippen LogP contribution in [0.2, 0.25) is 0 Å². The fourth-order valence-electron chi connectivity index (χ4n) is 7.49. The highest BCUT2D eigenvalue weighted by atomic mass is 16.6. The van der Waals surface area contributed by atoms with Crippen molar-refractivity contribution in [3.63, 3.8) is 0 Å². The van der Waals surface area contributed by atoms with Crippen LogP contribution in [0.5, 0.6) is 0 Å². The Morgan fingerprint density at radius 3 is 2.36 bits per heavy atom. The maximum Gasteiger partial charge on any atom is 0.410 e. The molecule has 1 aliphatic heterocycles. The Bertz CT molecular complexity index is 1010. The third-order valence-corrected chi connectivity index (χ3v) is 8.71. The first-order valence-corrected chi connectivity index (χ1v) is 13.3. The minimum atomic E-state index is -0.636. The van der Waals surface area contributed by atoms with Crippen LogP contribution in [0.4, 0.5) is 9.59 Å². The number of nitrogens with one attached hydrogen (secondary N) is 1. The van der Waals surface area contributed by atoms with E-state index in [4.69, 9.17) is 15.2 Å². The molecule has 6 rings (SSSR count).